The number of hydrogen-bond donors (Lipinski definition) is 2. The predicted molar refractivity (Wildman–Crippen MR) is 156 cm³/mol. The summed E-state index contributed by atoms with van der Waals surface area (Å²) in [5, 5.41) is 22.9. The van der Waals surface area contributed by atoms with Crippen LogP contribution in [0, 0.1) is 22.7 Å². The number of methoxy groups -OCH3 is 2. The lowest BCUT2D eigenvalue weighted by molar-refractivity contribution is -0.246. The molecule has 0 amide bonds. The van der Waals surface area contributed by atoms with Crippen molar-refractivity contribution in [2.24, 2.45) is 22.7 Å². The van der Waals surface area contributed by atoms with E-state index in [1.165, 1.54) is 23.1 Å². The van der Waals surface area contributed by atoms with Crippen molar-refractivity contribution in [2.45, 2.75) is 116 Å². The molecule has 3 saturated carbocycles. The number of ether oxygens (including phenoxy) is 4. The molecule has 2 N–H and O–H groups in total. The van der Waals surface area contributed by atoms with Gasteiger partial charge in [-0.1, -0.05) is 57.5 Å². The number of aliphatic hydroxyl groups is 2. The summed E-state index contributed by atoms with van der Waals surface area (Å²) in [4.78, 5) is 0. The van der Waals surface area contributed by atoms with Gasteiger partial charge in [0.15, 0.2) is 12.1 Å². The fourth-order valence-electron chi connectivity index (χ4n) is 8.75. The molecule has 1 aromatic carbocycles. The number of rotatable bonds is 8. The molecule has 5 rings (SSSR count). The lowest BCUT2D eigenvalue weighted by Crippen LogP contribution is -2.54. The van der Waals surface area contributed by atoms with Crippen molar-refractivity contribution in [1.82, 2.24) is 0 Å². The maximum absolute atomic E-state index is 12.2. The lowest BCUT2D eigenvalue weighted by Gasteiger charge is -2.56. The molecule has 0 heterocycles. The molecule has 0 saturated heterocycles. The van der Waals surface area contributed by atoms with E-state index in [2.05, 4.69) is 46.8 Å². The smallest absolute Gasteiger partial charge is 0.181 e. The average Bonchev–Trinajstić information content (AvgIpc) is 3.26. The minimum absolute atomic E-state index is 0.0166. The van der Waals surface area contributed by atoms with E-state index in [9.17, 15) is 10.2 Å². The Kier molecular flexibility index (Phi) is 8.37. The molecule has 40 heavy (non-hydrogen) atoms. The molecule has 1 aromatic rings. The Morgan fingerprint density at radius 1 is 1.02 bits per heavy atom. The second-order valence-electron chi connectivity index (χ2n) is 14.4. The molecule has 6 heteroatoms. The van der Waals surface area contributed by atoms with Gasteiger partial charge < -0.3 is 29.2 Å². The van der Waals surface area contributed by atoms with Gasteiger partial charge in [0.25, 0.3) is 0 Å². The molecule has 6 nitrogen and oxygen atoms in total. The highest BCUT2D eigenvalue weighted by molar-refractivity contribution is 5.44. The minimum atomic E-state index is -0.942. The molecule has 0 bridgehead atoms. The van der Waals surface area contributed by atoms with Crippen LogP contribution < -0.4 is 0 Å². The summed E-state index contributed by atoms with van der Waals surface area (Å²) < 4.78 is 23.8. The lowest BCUT2D eigenvalue weighted by atomic mass is 9.51. The van der Waals surface area contributed by atoms with Crippen LogP contribution in [0.25, 0.3) is 0 Å². The molecule has 3 fully saturated rings. The van der Waals surface area contributed by atoms with Crippen molar-refractivity contribution in [3.05, 3.63) is 46.5 Å². The summed E-state index contributed by atoms with van der Waals surface area (Å²) in [6.07, 6.45) is 6.37. The molecule has 3 unspecified atom stereocenters. The molecule has 0 radical (unpaired) electrons. The van der Waals surface area contributed by atoms with E-state index in [0.717, 1.165) is 50.7 Å². The second-order valence-corrected chi connectivity index (χ2v) is 14.4. The first-order valence-electron chi connectivity index (χ1n) is 15.5. The molecule has 224 valence electrons. The van der Waals surface area contributed by atoms with Crippen molar-refractivity contribution in [3.63, 3.8) is 0 Å². The summed E-state index contributed by atoms with van der Waals surface area (Å²) in [5.74, 6) is 0.481. The third-order valence-corrected chi connectivity index (χ3v) is 10.7. The average molecular weight is 557 g/mol. The highest BCUT2D eigenvalue weighted by Gasteiger charge is 2.60. The normalized spacial score (nSPS) is 36.1. The van der Waals surface area contributed by atoms with E-state index < -0.39 is 17.7 Å². The Labute approximate surface area is 241 Å². The van der Waals surface area contributed by atoms with Crippen LogP contribution in [0.5, 0.6) is 0 Å². The zero-order valence-corrected chi connectivity index (χ0v) is 25.8. The predicted octanol–water partition coefficient (Wildman–Crippen LogP) is 6.66. The molecule has 0 aliphatic heterocycles. The number of fused-ring (bicyclic) bond motifs is 4. The van der Waals surface area contributed by atoms with Gasteiger partial charge in [0, 0.05) is 45.1 Å². The highest BCUT2D eigenvalue weighted by Crippen LogP contribution is 2.65. The maximum Gasteiger partial charge on any atom is 0.181 e. The van der Waals surface area contributed by atoms with Crippen molar-refractivity contribution in [1.29, 1.82) is 0 Å². The summed E-state index contributed by atoms with van der Waals surface area (Å²) in [7, 11) is 3.39. The monoisotopic (exact) mass is 556 g/mol. The Balaban J connectivity index is 1.53. The first-order valence-corrected chi connectivity index (χ1v) is 15.5. The first kappa shape index (κ1) is 30.2. The third kappa shape index (κ3) is 5.33. The minimum Gasteiger partial charge on any atom is -0.385 e. The van der Waals surface area contributed by atoms with Gasteiger partial charge >= 0.3 is 0 Å². The van der Waals surface area contributed by atoms with E-state index in [-0.39, 0.29) is 22.9 Å². The van der Waals surface area contributed by atoms with Crippen molar-refractivity contribution in [2.75, 3.05) is 27.4 Å². The molecular weight excluding hydrogens is 504 g/mol. The zero-order chi connectivity index (χ0) is 28.9. The molecule has 4 aliphatic rings. The van der Waals surface area contributed by atoms with Gasteiger partial charge in [0.2, 0.25) is 0 Å². The zero-order valence-electron chi connectivity index (χ0n) is 25.8. The fraction of sp³-hybridized carbons (Fsp3) is 0.765. The van der Waals surface area contributed by atoms with Crippen LogP contribution in [-0.2, 0) is 18.9 Å². The first-order chi connectivity index (χ1) is 18.9. The molecule has 7 atom stereocenters. The Bertz CT molecular complexity index is 1070. The van der Waals surface area contributed by atoms with E-state index >= 15 is 0 Å². The van der Waals surface area contributed by atoms with Crippen LogP contribution in [-0.4, -0.2) is 55.1 Å². The number of allylic oxidation sites excluding steroid dienone is 1. The maximum atomic E-state index is 12.2. The van der Waals surface area contributed by atoms with Crippen LogP contribution >= 0.6 is 0 Å². The summed E-state index contributed by atoms with van der Waals surface area (Å²) >= 11 is 0. The van der Waals surface area contributed by atoms with Crippen molar-refractivity contribution >= 4 is 0 Å². The number of aliphatic hydroxyl groups excluding tert-OH is 1. The van der Waals surface area contributed by atoms with E-state index in [0.29, 0.717) is 24.9 Å². The van der Waals surface area contributed by atoms with Gasteiger partial charge in [-0.2, -0.15) is 0 Å². The van der Waals surface area contributed by atoms with E-state index in [1.807, 2.05) is 12.1 Å². The highest BCUT2D eigenvalue weighted by atomic mass is 16.7. The number of benzene rings is 1. The summed E-state index contributed by atoms with van der Waals surface area (Å²) in [6, 6.07) is 8.38. The van der Waals surface area contributed by atoms with E-state index in [4.69, 9.17) is 18.9 Å². The Hall–Kier alpha value is -1.28. The second kappa shape index (κ2) is 11.1. The summed E-state index contributed by atoms with van der Waals surface area (Å²) in [5.41, 5.74) is 3.90. The van der Waals surface area contributed by atoms with E-state index in [1.54, 1.807) is 14.2 Å². The van der Waals surface area contributed by atoms with Crippen LogP contribution in [0.3, 0.4) is 0 Å². The van der Waals surface area contributed by atoms with Crippen molar-refractivity contribution in [3.8, 4) is 0 Å². The molecular formula is C34H52O6. The van der Waals surface area contributed by atoms with Gasteiger partial charge in [0.05, 0.1) is 18.3 Å². The van der Waals surface area contributed by atoms with Gasteiger partial charge in [0.1, 0.15) is 0 Å². The van der Waals surface area contributed by atoms with Crippen molar-refractivity contribution < 1.29 is 29.2 Å². The SMILES string of the molecule is CCO[C@H]1CCC2C3CC[C@@]4(O)CC(OC)(OC)CCC4=C3[C@@H](c3ccc(C(O)OCC(C)(C)C)cc3)C[C@@]21C. The van der Waals surface area contributed by atoms with Gasteiger partial charge in [-0.05, 0) is 79.3 Å². The largest absolute Gasteiger partial charge is 0.385 e. The quantitative estimate of drug-likeness (QED) is 0.275. The molecule has 0 aromatic heterocycles. The number of hydrogen-bond acceptors (Lipinski definition) is 6. The molecule has 4 aliphatic carbocycles. The van der Waals surface area contributed by atoms with Crippen LogP contribution in [0.1, 0.15) is 109 Å². The Morgan fingerprint density at radius 3 is 2.35 bits per heavy atom. The van der Waals surface area contributed by atoms with Gasteiger partial charge in [-0.15, -0.1) is 0 Å². The fourth-order valence-corrected chi connectivity index (χ4v) is 8.75. The van der Waals surface area contributed by atoms with Crippen LogP contribution in [0.15, 0.2) is 35.4 Å². The Morgan fingerprint density at radius 2 is 1.73 bits per heavy atom. The van der Waals surface area contributed by atoms with Crippen LogP contribution in [0.4, 0.5) is 0 Å². The van der Waals surface area contributed by atoms with Gasteiger partial charge in [-0.3, -0.25) is 0 Å². The van der Waals surface area contributed by atoms with Crippen LogP contribution in [0.2, 0.25) is 0 Å². The third-order valence-electron chi connectivity index (χ3n) is 10.7. The topological polar surface area (TPSA) is 77.4 Å². The standard InChI is InChI=1S/C34H52O6/c1-8-39-28-14-13-26-24-15-17-33(36)20-34(37-6,38-7)18-16-27(33)29(24)25(19-32(26,28)5)22-9-11-23(12-10-22)30(35)40-21-31(2,3)4/h9-12,24-26,28,30,35-36H,8,13-21H2,1-7H3/t24?,25-,26?,28+,30?,32+,33-/m1/s1. The molecule has 0 spiro atoms. The summed E-state index contributed by atoms with van der Waals surface area (Å²) in [6.45, 7) is 12.1. The van der Waals surface area contributed by atoms with Gasteiger partial charge in [-0.25, -0.2) is 0 Å².